The van der Waals surface area contributed by atoms with Crippen molar-refractivity contribution in [3.05, 3.63) is 70.5 Å². The summed E-state index contributed by atoms with van der Waals surface area (Å²) in [6, 6.07) is 8.83. The monoisotopic (exact) mass is 338 g/mol. The number of halogens is 4. The lowest BCUT2D eigenvalue weighted by Gasteiger charge is -2.10. The Morgan fingerprint density at radius 3 is 2.46 bits per heavy atom. The van der Waals surface area contributed by atoms with Gasteiger partial charge in [0, 0.05) is 0 Å². The van der Waals surface area contributed by atoms with E-state index in [1.165, 1.54) is 35.2 Å². The van der Waals surface area contributed by atoms with Crippen molar-refractivity contribution >= 4 is 10.9 Å². The number of fused-ring (bicyclic) bond motifs is 1. The molecule has 0 aliphatic heterocycles. The Bertz CT molecular complexity index is 933. The van der Waals surface area contributed by atoms with E-state index in [2.05, 4.69) is 9.72 Å². The second-order valence-corrected chi connectivity index (χ2v) is 5.03. The molecule has 2 aromatic carbocycles. The number of nitrogens with zero attached hydrogens (tertiary/aromatic N) is 2. The fourth-order valence-electron chi connectivity index (χ4n) is 2.24. The van der Waals surface area contributed by atoms with Gasteiger partial charge in [-0.3, -0.25) is 9.36 Å². The molecular formula is C16H10F4N2O2. The van der Waals surface area contributed by atoms with E-state index in [-0.39, 0.29) is 17.7 Å². The third-order valence-corrected chi connectivity index (χ3v) is 3.30. The van der Waals surface area contributed by atoms with Crippen molar-refractivity contribution in [1.82, 2.24) is 9.55 Å². The first-order chi connectivity index (χ1) is 11.3. The first-order valence-corrected chi connectivity index (χ1v) is 6.81. The van der Waals surface area contributed by atoms with E-state index in [0.29, 0.717) is 11.1 Å². The molecule has 0 saturated carbocycles. The zero-order chi connectivity index (χ0) is 17.3. The summed E-state index contributed by atoms with van der Waals surface area (Å²) >= 11 is 0. The van der Waals surface area contributed by atoms with E-state index in [4.69, 9.17) is 0 Å². The van der Waals surface area contributed by atoms with Gasteiger partial charge in [0.2, 0.25) is 0 Å². The summed E-state index contributed by atoms with van der Waals surface area (Å²) in [5.41, 5.74) is 0.505. The summed E-state index contributed by atoms with van der Waals surface area (Å²) in [6.07, 6.45) is -3.45. The molecule has 0 aliphatic rings. The van der Waals surface area contributed by atoms with Gasteiger partial charge in [0.1, 0.15) is 11.6 Å². The highest BCUT2D eigenvalue weighted by molar-refractivity contribution is 5.77. The minimum absolute atomic E-state index is 0.0879. The Kier molecular flexibility index (Phi) is 3.96. The van der Waals surface area contributed by atoms with Crippen molar-refractivity contribution in [1.29, 1.82) is 0 Å². The molecule has 1 heterocycles. The van der Waals surface area contributed by atoms with E-state index in [0.717, 1.165) is 18.2 Å². The number of hydrogen-bond acceptors (Lipinski definition) is 3. The Morgan fingerprint density at radius 2 is 1.79 bits per heavy atom. The molecule has 0 unspecified atom stereocenters. The first-order valence-electron chi connectivity index (χ1n) is 6.81. The average molecular weight is 338 g/mol. The predicted molar refractivity (Wildman–Crippen MR) is 78.2 cm³/mol. The topological polar surface area (TPSA) is 44.1 Å². The van der Waals surface area contributed by atoms with Gasteiger partial charge in [-0.1, -0.05) is 12.1 Å². The van der Waals surface area contributed by atoms with Crippen LogP contribution in [0.25, 0.3) is 10.9 Å². The molecule has 3 aromatic rings. The fraction of sp³-hybridized carbons (Fsp3) is 0.125. The Hall–Kier alpha value is -2.90. The normalized spacial score (nSPS) is 11.7. The van der Waals surface area contributed by atoms with Crippen LogP contribution in [-0.2, 0) is 6.54 Å². The molecule has 4 nitrogen and oxygen atoms in total. The highest BCUT2D eigenvalue weighted by Crippen LogP contribution is 2.22. The van der Waals surface area contributed by atoms with Crippen LogP contribution in [0.5, 0.6) is 5.75 Å². The van der Waals surface area contributed by atoms with Gasteiger partial charge in [-0.25, -0.2) is 9.37 Å². The second kappa shape index (κ2) is 5.95. The Balaban J connectivity index is 1.87. The van der Waals surface area contributed by atoms with Crippen LogP contribution in [0.15, 0.2) is 53.6 Å². The number of hydrogen-bond donors (Lipinski definition) is 0. The largest absolute Gasteiger partial charge is 0.573 e. The van der Waals surface area contributed by atoms with Crippen molar-refractivity contribution in [3.8, 4) is 5.75 Å². The van der Waals surface area contributed by atoms with Gasteiger partial charge in [-0.2, -0.15) is 0 Å². The molecule has 0 spiro atoms. The third kappa shape index (κ3) is 3.53. The van der Waals surface area contributed by atoms with Crippen LogP contribution < -0.4 is 10.3 Å². The van der Waals surface area contributed by atoms with Crippen LogP contribution >= 0.6 is 0 Å². The summed E-state index contributed by atoms with van der Waals surface area (Å²) in [6.45, 7) is 0.0879. The Labute approximate surface area is 132 Å². The molecule has 0 aliphatic carbocycles. The van der Waals surface area contributed by atoms with Gasteiger partial charge in [0.15, 0.2) is 0 Å². The molecule has 1 aromatic heterocycles. The molecule has 124 valence electrons. The lowest BCUT2D eigenvalue weighted by molar-refractivity contribution is -0.274. The maximum absolute atomic E-state index is 13.3. The summed E-state index contributed by atoms with van der Waals surface area (Å²) < 4.78 is 54.7. The third-order valence-electron chi connectivity index (χ3n) is 3.30. The van der Waals surface area contributed by atoms with Crippen molar-refractivity contribution in [2.45, 2.75) is 12.9 Å². The smallest absolute Gasteiger partial charge is 0.406 e. The number of ether oxygens (including phenoxy) is 1. The van der Waals surface area contributed by atoms with Crippen molar-refractivity contribution in [3.63, 3.8) is 0 Å². The minimum atomic E-state index is -4.76. The van der Waals surface area contributed by atoms with Crippen LogP contribution in [0.3, 0.4) is 0 Å². The van der Waals surface area contributed by atoms with Crippen LogP contribution in [0.1, 0.15) is 5.56 Å². The van der Waals surface area contributed by atoms with Crippen LogP contribution in [0.2, 0.25) is 0 Å². The molecule has 0 saturated heterocycles. The van der Waals surface area contributed by atoms with E-state index >= 15 is 0 Å². The van der Waals surface area contributed by atoms with Gasteiger partial charge in [0.25, 0.3) is 5.56 Å². The summed E-state index contributed by atoms with van der Waals surface area (Å²) in [4.78, 5) is 16.4. The predicted octanol–water partition coefficient (Wildman–Crippen LogP) is 3.48. The number of aromatic nitrogens is 2. The summed E-state index contributed by atoms with van der Waals surface area (Å²) in [5.74, 6) is -0.898. The second-order valence-electron chi connectivity index (χ2n) is 5.03. The molecule has 8 heteroatoms. The molecular weight excluding hydrogens is 328 g/mol. The molecule has 0 atom stereocenters. The van der Waals surface area contributed by atoms with Gasteiger partial charge < -0.3 is 4.74 Å². The molecule has 24 heavy (non-hydrogen) atoms. The summed E-state index contributed by atoms with van der Waals surface area (Å²) in [7, 11) is 0. The highest BCUT2D eigenvalue weighted by Gasteiger charge is 2.30. The van der Waals surface area contributed by atoms with E-state index in [9.17, 15) is 22.4 Å². The SMILES string of the molecule is O=c1c2cc(F)ccc2ncn1Cc1ccc(OC(F)(F)F)cc1. The zero-order valence-electron chi connectivity index (χ0n) is 12.0. The van der Waals surface area contributed by atoms with Crippen LogP contribution in [0, 0.1) is 5.82 Å². The molecule has 0 N–H and O–H groups in total. The average Bonchev–Trinajstić information content (AvgIpc) is 2.51. The standard InChI is InChI=1S/C16H10F4N2O2/c17-11-3-6-14-13(7-11)15(23)22(9-21-14)8-10-1-4-12(5-2-10)24-16(18,19)20/h1-7,9H,8H2. The van der Waals surface area contributed by atoms with E-state index < -0.39 is 17.7 Å². The van der Waals surface area contributed by atoms with Crippen molar-refractivity contribution in [2.75, 3.05) is 0 Å². The van der Waals surface area contributed by atoms with Crippen LogP contribution in [0.4, 0.5) is 17.6 Å². The maximum atomic E-state index is 13.3. The minimum Gasteiger partial charge on any atom is -0.406 e. The van der Waals surface area contributed by atoms with Gasteiger partial charge in [0.05, 0.1) is 23.8 Å². The zero-order valence-corrected chi connectivity index (χ0v) is 12.0. The number of benzene rings is 2. The van der Waals surface area contributed by atoms with Gasteiger partial charge in [-0.05, 0) is 35.9 Å². The lowest BCUT2D eigenvalue weighted by Crippen LogP contribution is -2.21. The van der Waals surface area contributed by atoms with E-state index in [1.807, 2.05) is 0 Å². The number of rotatable bonds is 3. The highest BCUT2D eigenvalue weighted by atomic mass is 19.4. The molecule has 0 bridgehead atoms. The van der Waals surface area contributed by atoms with Gasteiger partial charge in [-0.15, -0.1) is 13.2 Å². The fourth-order valence-corrected chi connectivity index (χ4v) is 2.24. The van der Waals surface area contributed by atoms with Crippen molar-refractivity contribution in [2.24, 2.45) is 0 Å². The lowest BCUT2D eigenvalue weighted by atomic mass is 10.2. The van der Waals surface area contributed by atoms with Gasteiger partial charge >= 0.3 is 6.36 Å². The molecule has 0 radical (unpaired) electrons. The molecule has 3 rings (SSSR count). The summed E-state index contributed by atoms with van der Waals surface area (Å²) in [5, 5.41) is 0.134. The Morgan fingerprint density at radius 1 is 1.08 bits per heavy atom. The van der Waals surface area contributed by atoms with E-state index in [1.54, 1.807) is 0 Å². The quantitative estimate of drug-likeness (QED) is 0.687. The molecule has 0 fully saturated rings. The molecule has 0 amide bonds. The van der Waals surface area contributed by atoms with Crippen LogP contribution in [-0.4, -0.2) is 15.9 Å². The first kappa shape index (κ1) is 16.0. The maximum Gasteiger partial charge on any atom is 0.573 e. The van der Waals surface area contributed by atoms with Crippen molar-refractivity contribution < 1.29 is 22.3 Å². The number of alkyl halides is 3.